The van der Waals surface area contributed by atoms with Crippen molar-refractivity contribution in [1.29, 1.82) is 0 Å². The van der Waals surface area contributed by atoms with Gasteiger partial charge in [0.1, 0.15) is 5.75 Å². The fourth-order valence-corrected chi connectivity index (χ4v) is 5.76. The Morgan fingerprint density at radius 2 is 1.84 bits per heavy atom. The molecule has 2 aliphatic heterocycles. The van der Waals surface area contributed by atoms with Gasteiger partial charge in [0.2, 0.25) is 0 Å². The van der Waals surface area contributed by atoms with Gasteiger partial charge in [0.15, 0.2) is 0 Å². The van der Waals surface area contributed by atoms with Crippen molar-refractivity contribution in [2.45, 2.75) is 57.7 Å². The van der Waals surface area contributed by atoms with Crippen LogP contribution in [0.5, 0.6) is 5.75 Å². The summed E-state index contributed by atoms with van der Waals surface area (Å²) in [6, 6.07) is 20.4. The van der Waals surface area contributed by atoms with E-state index in [0.717, 1.165) is 65.9 Å². The molecule has 0 bridgehead atoms. The smallest absolute Gasteiger partial charge is 0.317 e. The lowest BCUT2D eigenvalue weighted by Crippen LogP contribution is -2.41. The van der Waals surface area contributed by atoms with Crippen molar-refractivity contribution in [3.63, 3.8) is 0 Å². The Kier molecular flexibility index (Phi) is 5.86. The van der Waals surface area contributed by atoms with Crippen molar-refractivity contribution in [1.82, 2.24) is 25.0 Å². The fourth-order valence-electron chi connectivity index (χ4n) is 5.76. The van der Waals surface area contributed by atoms with Crippen molar-refractivity contribution in [3.05, 3.63) is 78.1 Å². The van der Waals surface area contributed by atoms with Gasteiger partial charge in [-0.15, -0.1) is 0 Å². The third-order valence-corrected chi connectivity index (χ3v) is 7.73. The monoisotopic (exact) mass is 495 g/mol. The lowest BCUT2D eigenvalue weighted by Gasteiger charge is -2.25. The zero-order valence-electron chi connectivity index (χ0n) is 21.6. The number of pyridine rings is 1. The zero-order valence-corrected chi connectivity index (χ0v) is 21.6. The molecule has 2 amide bonds. The minimum Gasteiger partial charge on any atom is -0.491 e. The molecule has 7 heteroatoms. The first-order valence-corrected chi connectivity index (χ1v) is 13.2. The van der Waals surface area contributed by atoms with Crippen LogP contribution in [0.3, 0.4) is 0 Å². The summed E-state index contributed by atoms with van der Waals surface area (Å²) in [6.07, 6.45) is 3.99. The molecular weight excluding hydrogens is 462 g/mol. The number of carbonyl (C=O) groups is 1. The number of nitrogens with one attached hydrogen (secondary N) is 1. The molecule has 7 nitrogen and oxygen atoms in total. The van der Waals surface area contributed by atoms with Crippen LogP contribution in [-0.2, 0) is 12.0 Å². The summed E-state index contributed by atoms with van der Waals surface area (Å²) in [6.45, 7) is 8.43. The molecule has 2 aromatic heterocycles. The SMILES string of the molecule is CC(C)Oc1ccc2ncc(-c3cc4n(n3)CCC43CCN(C(=O)N[C@H](C)c4ccccc4)C3)cc2c1. The molecule has 0 radical (unpaired) electrons. The number of carbonyl (C=O) groups excluding carboxylic acids is 1. The number of aromatic nitrogens is 3. The molecule has 4 heterocycles. The van der Waals surface area contributed by atoms with Gasteiger partial charge < -0.3 is 15.0 Å². The predicted octanol–water partition coefficient (Wildman–Crippen LogP) is 5.70. The van der Waals surface area contributed by atoms with Gasteiger partial charge in [-0.25, -0.2) is 4.79 Å². The number of benzene rings is 2. The van der Waals surface area contributed by atoms with Crippen molar-refractivity contribution in [3.8, 4) is 17.0 Å². The Morgan fingerprint density at radius 3 is 2.65 bits per heavy atom. The maximum Gasteiger partial charge on any atom is 0.317 e. The van der Waals surface area contributed by atoms with Crippen LogP contribution in [-0.4, -0.2) is 44.9 Å². The Balaban J connectivity index is 1.21. The Morgan fingerprint density at radius 1 is 1.03 bits per heavy atom. The average Bonchev–Trinajstić information content (AvgIpc) is 3.60. The van der Waals surface area contributed by atoms with Crippen LogP contribution in [0.4, 0.5) is 4.79 Å². The topological polar surface area (TPSA) is 72.3 Å². The number of urea groups is 1. The highest BCUT2D eigenvalue weighted by molar-refractivity contribution is 5.84. The number of nitrogens with zero attached hydrogens (tertiary/aromatic N) is 4. The average molecular weight is 496 g/mol. The maximum atomic E-state index is 13.1. The normalized spacial score (nSPS) is 19.5. The predicted molar refractivity (Wildman–Crippen MR) is 145 cm³/mol. The largest absolute Gasteiger partial charge is 0.491 e. The number of hydrogen-bond donors (Lipinski definition) is 1. The first-order valence-electron chi connectivity index (χ1n) is 13.2. The van der Waals surface area contributed by atoms with Gasteiger partial charge in [-0.1, -0.05) is 30.3 Å². The molecule has 190 valence electrons. The van der Waals surface area contributed by atoms with E-state index in [1.54, 1.807) is 0 Å². The third kappa shape index (κ3) is 4.43. The minimum absolute atomic E-state index is 0.00423. The molecule has 2 aliphatic rings. The second-order valence-electron chi connectivity index (χ2n) is 10.7. The summed E-state index contributed by atoms with van der Waals surface area (Å²) in [4.78, 5) is 19.7. The summed E-state index contributed by atoms with van der Waals surface area (Å²) in [7, 11) is 0. The number of amides is 2. The molecule has 4 aromatic rings. The van der Waals surface area contributed by atoms with E-state index >= 15 is 0 Å². The van der Waals surface area contributed by atoms with E-state index in [9.17, 15) is 4.79 Å². The van der Waals surface area contributed by atoms with Crippen LogP contribution < -0.4 is 10.1 Å². The second kappa shape index (κ2) is 9.21. The lowest BCUT2D eigenvalue weighted by molar-refractivity contribution is 0.202. The first-order chi connectivity index (χ1) is 17.9. The highest BCUT2D eigenvalue weighted by Crippen LogP contribution is 2.44. The van der Waals surface area contributed by atoms with Gasteiger partial charge in [-0.2, -0.15) is 5.10 Å². The van der Waals surface area contributed by atoms with Crippen molar-refractivity contribution in [2.24, 2.45) is 0 Å². The Hall–Kier alpha value is -3.87. The van der Waals surface area contributed by atoms with Crippen LogP contribution in [0.2, 0.25) is 0 Å². The van der Waals surface area contributed by atoms with Gasteiger partial charge in [0.05, 0.1) is 23.4 Å². The van der Waals surface area contributed by atoms with Crippen molar-refractivity contribution < 1.29 is 9.53 Å². The van der Waals surface area contributed by atoms with E-state index in [0.29, 0.717) is 0 Å². The van der Waals surface area contributed by atoms with Gasteiger partial charge in [0, 0.05) is 47.9 Å². The summed E-state index contributed by atoms with van der Waals surface area (Å²) in [5.74, 6) is 0.846. The molecule has 1 saturated heterocycles. The van der Waals surface area contributed by atoms with Crippen molar-refractivity contribution in [2.75, 3.05) is 13.1 Å². The van der Waals surface area contributed by atoms with Crippen LogP contribution in [0.1, 0.15) is 50.9 Å². The molecule has 0 saturated carbocycles. The third-order valence-electron chi connectivity index (χ3n) is 7.73. The maximum absolute atomic E-state index is 13.1. The molecule has 1 unspecified atom stereocenters. The van der Waals surface area contributed by atoms with Gasteiger partial charge in [0.25, 0.3) is 0 Å². The Labute approximate surface area is 217 Å². The molecule has 37 heavy (non-hydrogen) atoms. The number of aryl methyl sites for hydroxylation is 1. The molecule has 1 spiro atoms. The van der Waals surface area contributed by atoms with Gasteiger partial charge in [-0.3, -0.25) is 9.67 Å². The van der Waals surface area contributed by atoms with E-state index < -0.39 is 0 Å². The quantitative estimate of drug-likeness (QED) is 0.385. The number of ether oxygens (including phenoxy) is 1. The van der Waals surface area contributed by atoms with E-state index in [1.807, 2.05) is 80.4 Å². The molecule has 0 aliphatic carbocycles. The van der Waals surface area contributed by atoms with E-state index in [4.69, 9.17) is 9.84 Å². The summed E-state index contributed by atoms with van der Waals surface area (Å²) in [5, 5.41) is 9.16. The number of likely N-dealkylation sites (tertiary alicyclic amines) is 1. The molecule has 2 atom stereocenters. The van der Waals surface area contributed by atoms with E-state index in [-0.39, 0.29) is 23.6 Å². The lowest BCUT2D eigenvalue weighted by atomic mass is 9.82. The van der Waals surface area contributed by atoms with Gasteiger partial charge >= 0.3 is 6.03 Å². The molecular formula is C30H33N5O2. The van der Waals surface area contributed by atoms with E-state index in [2.05, 4.69) is 27.1 Å². The number of rotatable bonds is 5. The highest BCUT2D eigenvalue weighted by atomic mass is 16.5. The fraction of sp³-hybridized carbons (Fsp3) is 0.367. The molecule has 1 N–H and O–H groups in total. The number of fused-ring (bicyclic) bond motifs is 3. The van der Waals surface area contributed by atoms with Crippen molar-refractivity contribution >= 4 is 16.9 Å². The second-order valence-corrected chi connectivity index (χ2v) is 10.7. The summed E-state index contributed by atoms with van der Waals surface area (Å²) in [5.41, 5.74) is 5.16. The summed E-state index contributed by atoms with van der Waals surface area (Å²) < 4.78 is 8.01. The van der Waals surface area contributed by atoms with Gasteiger partial charge in [-0.05, 0) is 69.5 Å². The van der Waals surface area contributed by atoms with Crippen LogP contribution in [0, 0.1) is 0 Å². The van der Waals surface area contributed by atoms with Crippen LogP contribution in [0.25, 0.3) is 22.2 Å². The number of hydrogen-bond acceptors (Lipinski definition) is 4. The Bertz CT molecular complexity index is 1450. The van der Waals surface area contributed by atoms with Crippen LogP contribution in [0.15, 0.2) is 66.9 Å². The molecule has 2 aromatic carbocycles. The zero-order chi connectivity index (χ0) is 25.6. The molecule has 6 rings (SSSR count). The van der Waals surface area contributed by atoms with Crippen LogP contribution >= 0.6 is 0 Å². The standard InChI is InChI=1S/C30H33N5O2/c1-20(2)37-25-9-10-26-23(16-25)15-24(18-31-26)27-17-28-30(12-14-35(28)33-27)11-13-34(19-30)29(36)32-21(3)22-7-5-4-6-8-22/h4-10,15-18,20-21H,11-14,19H2,1-3H3,(H,32,36)/t21-,30?/m1/s1. The minimum atomic E-state index is -0.0405. The molecule has 1 fully saturated rings. The first kappa shape index (κ1) is 23.5. The summed E-state index contributed by atoms with van der Waals surface area (Å²) >= 11 is 0. The highest BCUT2D eigenvalue weighted by Gasteiger charge is 2.47. The van der Waals surface area contributed by atoms with E-state index in [1.165, 1.54) is 5.69 Å².